The first kappa shape index (κ1) is 17.6. The molecular weight excluding hydrogens is 292 g/mol. The van der Waals surface area contributed by atoms with E-state index in [1.54, 1.807) is 14.2 Å². The van der Waals surface area contributed by atoms with Crippen LogP contribution >= 0.6 is 0 Å². The van der Waals surface area contributed by atoms with Gasteiger partial charge in [-0.2, -0.15) is 0 Å². The number of morpholine rings is 1. The summed E-state index contributed by atoms with van der Waals surface area (Å²) in [6.07, 6.45) is 0. The van der Waals surface area contributed by atoms with Crippen molar-refractivity contribution in [2.75, 3.05) is 52.0 Å². The molecule has 1 aromatic carbocycles. The van der Waals surface area contributed by atoms with Gasteiger partial charge in [-0.3, -0.25) is 4.99 Å². The number of nitrogens with one attached hydrogen (secondary N) is 2. The monoisotopic (exact) mass is 320 g/mol. The van der Waals surface area contributed by atoms with E-state index in [2.05, 4.69) is 51.7 Å². The van der Waals surface area contributed by atoms with Gasteiger partial charge in [0.15, 0.2) is 5.96 Å². The molecule has 1 aliphatic rings. The van der Waals surface area contributed by atoms with Gasteiger partial charge in [-0.25, -0.2) is 0 Å². The largest absolute Gasteiger partial charge is 0.383 e. The number of rotatable bonds is 6. The maximum absolute atomic E-state index is 5.39. The number of benzene rings is 1. The molecule has 0 spiro atoms. The molecule has 6 nitrogen and oxygen atoms in total. The Labute approximate surface area is 138 Å². The lowest BCUT2D eigenvalue weighted by Gasteiger charge is -2.29. The van der Waals surface area contributed by atoms with E-state index in [-0.39, 0.29) is 6.04 Å². The topological polar surface area (TPSA) is 58.1 Å². The highest BCUT2D eigenvalue weighted by Crippen LogP contribution is 2.16. The molecule has 6 heteroatoms. The average Bonchev–Trinajstić information content (AvgIpc) is 2.60. The average molecular weight is 320 g/mol. The van der Waals surface area contributed by atoms with Gasteiger partial charge >= 0.3 is 0 Å². The summed E-state index contributed by atoms with van der Waals surface area (Å²) in [5, 5.41) is 6.62. The zero-order valence-electron chi connectivity index (χ0n) is 14.3. The minimum atomic E-state index is 0.217. The fourth-order valence-corrected chi connectivity index (χ4v) is 2.55. The molecule has 1 aromatic rings. The molecule has 23 heavy (non-hydrogen) atoms. The molecular formula is C17H28N4O2. The first-order valence-corrected chi connectivity index (χ1v) is 8.10. The van der Waals surface area contributed by atoms with Crippen molar-refractivity contribution in [1.82, 2.24) is 10.6 Å². The van der Waals surface area contributed by atoms with Gasteiger partial charge in [-0.15, -0.1) is 0 Å². The molecule has 1 fully saturated rings. The van der Waals surface area contributed by atoms with E-state index in [9.17, 15) is 0 Å². The molecule has 1 heterocycles. The Morgan fingerprint density at radius 3 is 2.61 bits per heavy atom. The van der Waals surface area contributed by atoms with Gasteiger partial charge < -0.3 is 25.0 Å². The van der Waals surface area contributed by atoms with Crippen LogP contribution < -0.4 is 15.5 Å². The van der Waals surface area contributed by atoms with Gasteiger partial charge in [0.05, 0.1) is 19.8 Å². The molecule has 1 atom stereocenters. The second kappa shape index (κ2) is 9.37. The quantitative estimate of drug-likeness (QED) is 0.610. The van der Waals surface area contributed by atoms with Crippen molar-refractivity contribution in [2.45, 2.75) is 19.5 Å². The first-order chi connectivity index (χ1) is 11.2. The smallest absolute Gasteiger partial charge is 0.191 e. The standard InChI is InChI=1S/C17H28N4O2/c1-14(13-22-3)20-17(18-2)19-12-15-4-6-16(7-5-15)21-8-10-23-11-9-21/h4-7,14H,8-13H2,1-3H3,(H2,18,19,20). The SMILES string of the molecule is CN=C(NCc1ccc(N2CCOCC2)cc1)NC(C)COC. The predicted octanol–water partition coefficient (Wildman–Crippen LogP) is 1.22. The fourth-order valence-electron chi connectivity index (χ4n) is 2.55. The Bertz CT molecular complexity index is 484. The van der Waals surface area contributed by atoms with Crippen LogP contribution in [0.4, 0.5) is 5.69 Å². The van der Waals surface area contributed by atoms with Gasteiger partial charge in [-0.05, 0) is 24.6 Å². The number of aliphatic imine (C=N–C) groups is 1. The summed E-state index contributed by atoms with van der Waals surface area (Å²) in [4.78, 5) is 6.59. The normalized spacial score (nSPS) is 17.0. The van der Waals surface area contributed by atoms with E-state index in [4.69, 9.17) is 9.47 Å². The summed E-state index contributed by atoms with van der Waals surface area (Å²) in [5.41, 5.74) is 2.48. The van der Waals surface area contributed by atoms with E-state index in [1.165, 1.54) is 11.3 Å². The summed E-state index contributed by atoms with van der Waals surface area (Å²) in [6.45, 7) is 7.00. The lowest BCUT2D eigenvalue weighted by atomic mass is 10.2. The third kappa shape index (κ3) is 5.73. The lowest BCUT2D eigenvalue weighted by molar-refractivity contribution is 0.122. The van der Waals surface area contributed by atoms with Crippen molar-refractivity contribution in [3.63, 3.8) is 0 Å². The van der Waals surface area contributed by atoms with Crippen molar-refractivity contribution in [2.24, 2.45) is 4.99 Å². The number of hydrogen-bond donors (Lipinski definition) is 2. The van der Waals surface area contributed by atoms with E-state index in [0.717, 1.165) is 38.8 Å². The predicted molar refractivity (Wildman–Crippen MR) is 94.1 cm³/mol. The number of hydrogen-bond acceptors (Lipinski definition) is 4. The van der Waals surface area contributed by atoms with E-state index >= 15 is 0 Å². The highest BCUT2D eigenvalue weighted by molar-refractivity contribution is 5.79. The zero-order chi connectivity index (χ0) is 16.5. The minimum Gasteiger partial charge on any atom is -0.383 e. The van der Waals surface area contributed by atoms with Crippen LogP contribution in [0.1, 0.15) is 12.5 Å². The van der Waals surface area contributed by atoms with Crippen molar-refractivity contribution in [1.29, 1.82) is 0 Å². The second-order valence-electron chi connectivity index (χ2n) is 5.69. The highest BCUT2D eigenvalue weighted by Gasteiger charge is 2.10. The summed E-state index contributed by atoms with van der Waals surface area (Å²) in [7, 11) is 3.47. The molecule has 1 aliphatic heterocycles. The third-order valence-electron chi connectivity index (χ3n) is 3.80. The van der Waals surface area contributed by atoms with Crippen molar-refractivity contribution in [3.8, 4) is 0 Å². The maximum atomic E-state index is 5.39. The first-order valence-electron chi connectivity index (χ1n) is 8.10. The van der Waals surface area contributed by atoms with E-state index in [1.807, 2.05) is 0 Å². The van der Waals surface area contributed by atoms with Crippen LogP contribution in [0, 0.1) is 0 Å². The van der Waals surface area contributed by atoms with Crippen LogP contribution in [-0.2, 0) is 16.0 Å². The van der Waals surface area contributed by atoms with Gasteiger partial charge in [0, 0.05) is 45.5 Å². The summed E-state index contributed by atoms with van der Waals surface area (Å²) in [6, 6.07) is 8.88. The molecule has 1 unspecified atom stereocenters. The summed E-state index contributed by atoms with van der Waals surface area (Å²) < 4.78 is 10.5. The maximum Gasteiger partial charge on any atom is 0.191 e. The molecule has 0 aliphatic carbocycles. The van der Waals surface area contributed by atoms with Gasteiger partial charge in [0.1, 0.15) is 0 Å². The Morgan fingerprint density at radius 1 is 1.30 bits per heavy atom. The molecule has 0 saturated carbocycles. The van der Waals surface area contributed by atoms with Crippen LogP contribution in [-0.4, -0.2) is 59.1 Å². The molecule has 128 valence electrons. The molecule has 0 bridgehead atoms. The molecule has 0 amide bonds. The molecule has 0 radical (unpaired) electrons. The number of methoxy groups -OCH3 is 1. The molecule has 0 aromatic heterocycles. The Kier molecular flexibility index (Phi) is 7.16. The summed E-state index contributed by atoms with van der Waals surface area (Å²) >= 11 is 0. The van der Waals surface area contributed by atoms with Gasteiger partial charge in [0.2, 0.25) is 0 Å². The Hall–Kier alpha value is -1.79. The molecule has 1 saturated heterocycles. The van der Waals surface area contributed by atoms with Gasteiger partial charge in [-0.1, -0.05) is 12.1 Å². The van der Waals surface area contributed by atoms with Crippen molar-refractivity contribution < 1.29 is 9.47 Å². The highest BCUT2D eigenvalue weighted by atomic mass is 16.5. The van der Waals surface area contributed by atoms with Crippen LogP contribution in [0.5, 0.6) is 0 Å². The number of ether oxygens (including phenoxy) is 2. The Balaban J connectivity index is 1.83. The van der Waals surface area contributed by atoms with Gasteiger partial charge in [0.25, 0.3) is 0 Å². The van der Waals surface area contributed by atoms with Crippen LogP contribution in [0.15, 0.2) is 29.3 Å². The van der Waals surface area contributed by atoms with Crippen LogP contribution in [0.25, 0.3) is 0 Å². The zero-order valence-corrected chi connectivity index (χ0v) is 14.3. The second-order valence-corrected chi connectivity index (χ2v) is 5.69. The Morgan fingerprint density at radius 2 is 2.00 bits per heavy atom. The third-order valence-corrected chi connectivity index (χ3v) is 3.80. The lowest BCUT2D eigenvalue weighted by Crippen LogP contribution is -2.43. The van der Waals surface area contributed by atoms with E-state index < -0.39 is 0 Å². The van der Waals surface area contributed by atoms with E-state index in [0.29, 0.717) is 6.61 Å². The number of anilines is 1. The number of guanidine groups is 1. The minimum absolute atomic E-state index is 0.217. The van der Waals surface area contributed by atoms with Crippen molar-refractivity contribution in [3.05, 3.63) is 29.8 Å². The van der Waals surface area contributed by atoms with Crippen LogP contribution in [0.2, 0.25) is 0 Å². The molecule has 2 rings (SSSR count). The number of nitrogens with zero attached hydrogens (tertiary/aromatic N) is 2. The van der Waals surface area contributed by atoms with Crippen molar-refractivity contribution >= 4 is 11.6 Å². The molecule has 2 N–H and O–H groups in total. The summed E-state index contributed by atoms with van der Waals surface area (Å²) in [5.74, 6) is 0.784. The van der Waals surface area contributed by atoms with Crippen LogP contribution in [0.3, 0.4) is 0 Å². The fraction of sp³-hybridized carbons (Fsp3) is 0.588.